The van der Waals surface area contributed by atoms with Crippen molar-refractivity contribution in [3.8, 4) is 11.5 Å². The highest BCUT2D eigenvalue weighted by Crippen LogP contribution is 2.50. The largest absolute Gasteiger partial charge is 0.497 e. The molecule has 0 aliphatic carbocycles. The fourth-order valence-corrected chi connectivity index (χ4v) is 7.58. The molecule has 2 aliphatic heterocycles. The second-order valence-electron chi connectivity index (χ2n) is 13.2. The molecule has 3 aromatic carbocycles. The van der Waals surface area contributed by atoms with Crippen molar-refractivity contribution in [2.75, 3.05) is 32.3 Å². The van der Waals surface area contributed by atoms with Crippen LogP contribution in [0.1, 0.15) is 52.7 Å². The van der Waals surface area contributed by atoms with Crippen molar-refractivity contribution < 1.29 is 48.8 Å². The number of carbonyl (C=O) groups is 2. The number of anilines is 1. The Morgan fingerprint density at radius 1 is 0.981 bits per heavy atom. The molecule has 12 nitrogen and oxygen atoms in total. The number of ether oxygens (including phenoxy) is 3. The third-order valence-electron chi connectivity index (χ3n) is 10.1. The minimum Gasteiger partial charge on any atom is -0.497 e. The summed E-state index contributed by atoms with van der Waals surface area (Å²) < 4.78 is 18.2. The predicted molar refractivity (Wildman–Crippen MR) is 196 cm³/mol. The number of hydrogen-bond donors (Lipinski definition) is 4. The maximum atomic E-state index is 14.6. The summed E-state index contributed by atoms with van der Waals surface area (Å²) in [7, 11) is 3.12. The molecule has 14 heteroatoms. The molecule has 280 valence electrons. The van der Waals surface area contributed by atoms with Gasteiger partial charge < -0.3 is 44.4 Å². The highest BCUT2D eigenvalue weighted by molar-refractivity contribution is 6.33. The highest BCUT2D eigenvalue weighted by atomic mass is 35.5. The van der Waals surface area contributed by atoms with Gasteiger partial charge in [-0.15, -0.1) is 0 Å². The third kappa shape index (κ3) is 7.08. The number of aliphatic hydroxyl groups is 4. The van der Waals surface area contributed by atoms with E-state index in [1.807, 2.05) is 13.0 Å². The molecule has 0 radical (unpaired) electrons. The van der Waals surface area contributed by atoms with E-state index in [0.717, 1.165) is 5.56 Å². The van der Waals surface area contributed by atoms with Crippen molar-refractivity contribution in [2.24, 2.45) is 0 Å². The molecule has 53 heavy (non-hydrogen) atoms. The van der Waals surface area contributed by atoms with Crippen LogP contribution in [0, 0.1) is 0 Å². The first kappa shape index (κ1) is 38.5. The minimum atomic E-state index is -1.54. The summed E-state index contributed by atoms with van der Waals surface area (Å²) in [5.74, 6) is 0.607. The molecule has 1 aromatic heterocycles. The highest BCUT2D eigenvalue weighted by Gasteiger charge is 2.50. The number of rotatable bonds is 11. The lowest BCUT2D eigenvalue weighted by molar-refractivity contribution is -0.778. The molecule has 2 amide bonds. The molecule has 2 aliphatic rings. The Morgan fingerprint density at radius 2 is 1.75 bits per heavy atom. The van der Waals surface area contributed by atoms with Gasteiger partial charge in [0.05, 0.1) is 33.9 Å². The van der Waals surface area contributed by atoms with Crippen molar-refractivity contribution in [1.82, 2.24) is 4.90 Å². The first-order chi connectivity index (χ1) is 25.4. The van der Waals surface area contributed by atoms with Gasteiger partial charge in [0.15, 0.2) is 18.5 Å². The number of aliphatic hydroxyl groups excluding tert-OH is 4. The maximum Gasteiger partial charge on any atom is 0.292 e. The second kappa shape index (κ2) is 15.6. The topological polar surface area (TPSA) is 153 Å². The number of carbonyl (C=O) groups excluding carboxylic acids is 2. The second-order valence-corrected chi connectivity index (χ2v) is 14.1. The van der Waals surface area contributed by atoms with Crippen molar-refractivity contribution in [2.45, 2.75) is 63.0 Å². The molecular formula is C39H42Cl2N3O9+. The van der Waals surface area contributed by atoms with E-state index < -0.39 is 42.7 Å². The van der Waals surface area contributed by atoms with Crippen molar-refractivity contribution in [3.63, 3.8) is 0 Å². The van der Waals surface area contributed by atoms with Gasteiger partial charge in [-0.1, -0.05) is 23.2 Å². The molecule has 2 unspecified atom stereocenters. The zero-order valence-electron chi connectivity index (χ0n) is 29.6. The number of aromatic nitrogens is 1. The molecular weight excluding hydrogens is 725 g/mol. The smallest absolute Gasteiger partial charge is 0.292 e. The van der Waals surface area contributed by atoms with E-state index >= 15 is 0 Å². The van der Waals surface area contributed by atoms with Crippen LogP contribution in [0.4, 0.5) is 5.69 Å². The lowest BCUT2D eigenvalue weighted by atomic mass is 9.76. The Bertz CT molecular complexity index is 2010. The van der Waals surface area contributed by atoms with Crippen LogP contribution in [0.3, 0.4) is 0 Å². The lowest BCUT2D eigenvalue weighted by Gasteiger charge is -2.36. The van der Waals surface area contributed by atoms with E-state index in [4.69, 9.17) is 37.4 Å². The van der Waals surface area contributed by atoms with E-state index in [1.165, 1.54) is 4.57 Å². The van der Waals surface area contributed by atoms with Crippen LogP contribution in [0.15, 0.2) is 79.1 Å². The number of methoxy groups -OCH3 is 2. The van der Waals surface area contributed by atoms with E-state index in [2.05, 4.69) is 0 Å². The Labute approximate surface area is 317 Å². The lowest BCUT2D eigenvalue weighted by Crippen LogP contribution is -2.62. The summed E-state index contributed by atoms with van der Waals surface area (Å²) in [4.78, 5) is 32.1. The molecule has 0 spiro atoms. The van der Waals surface area contributed by atoms with E-state index in [9.17, 15) is 30.0 Å². The summed E-state index contributed by atoms with van der Waals surface area (Å²) in [6.07, 6.45) is -3.38. The fraction of sp³-hybridized carbons (Fsp3) is 0.359. The quantitative estimate of drug-likeness (QED) is 0.167. The van der Waals surface area contributed by atoms with Gasteiger partial charge in [0, 0.05) is 51.1 Å². The average Bonchev–Trinajstić information content (AvgIpc) is 3.37. The molecule has 0 bridgehead atoms. The molecule has 1 saturated heterocycles. The zero-order valence-corrected chi connectivity index (χ0v) is 31.2. The monoisotopic (exact) mass is 766 g/mol. The predicted octanol–water partition coefficient (Wildman–Crippen LogP) is 3.79. The first-order valence-electron chi connectivity index (χ1n) is 17.1. The van der Waals surface area contributed by atoms with Crippen LogP contribution >= 0.6 is 23.2 Å². The molecule has 1 fully saturated rings. The number of pyridine rings is 1. The van der Waals surface area contributed by atoms with Gasteiger partial charge in [0.25, 0.3) is 12.1 Å². The molecule has 3 heterocycles. The number of halogens is 2. The Hall–Kier alpha value is -4.27. The van der Waals surface area contributed by atoms with E-state index in [-0.39, 0.29) is 24.9 Å². The summed E-state index contributed by atoms with van der Waals surface area (Å²) in [6, 6.07) is 19.1. The van der Waals surface area contributed by atoms with Gasteiger partial charge in [-0.25, -0.2) is 0 Å². The Balaban J connectivity index is 1.30. The van der Waals surface area contributed by atoms with Crippen molar-refractivity contribution in [3.05, 3.63) is 117 Å². The third-order valence-corrected chi connectivity index (χ3v) is 10.7. The molecule has 4 aromatic rings. The number of nitrogens with zero attached hydrogens (tertiary/aromatic N) is 3. The van der Waals surface area contributed by atoms with Gasteiger partial charge in [0.2, 0.25) is 5.91 Å². The summed E-state index contributed by atoms with van der Waals surface area (Å²) in [6.45, 7) is 3.76. The van der Waals surface area contributed by atoms with Crippen LogP contribution in [0.5, 0.6) is 11.5 Å². The van der Waals surface area contributed by atoms with E-state index in [1.54, 1.807) is 104 Å². The Kier molecular flexibility index (Phi) is 11.3. The SMILES string of the molecule is CCN(Cc1ccc[n+](C2O[C@H](CO)[C@@H](O)[C@H](O)[C@H]2O)c1)C(=O)c1ccc(Cl)c(C2(C)C(=O)N(Cc3ccc(OC)cc3OC)c3ccc(Cl)cc32)c1. The molecule has 4 N–H and O–H groups in total. The zero-order chi connectivity index (χ0) is 38.2. The number of benzene rings is 3. The first-order valence-corrected chi connectivity index (χ1v) is 17.8. The minimum absolute atomic E-state index is 0.164. The standard InChI is InChI=1S/C39H42Cl2N3O9/c1-5-42(18-22-7-6-14-43(19-22)37-35(48)34(47)33(46)32(21-45)53-37)36(49)23-9-12-29(41)27(15-23)39(2)28-16-25(40)10-13-30(28)44(38(39)50)20-24-8-11-26(51-3)17-31(24)52-4/h6-17,19,32-35,37,45-48H,5,18,20-21H2,1-4H3/q+1/t32-,33-,34+,35-,37?,39?/m1/s1. The molecule has 6 atom stereocenters. The van der Waals surface area contributed by atoms with E-state index in [0.29, 0.717) is 56.0 Å². The normalized spacial score (nSPS) is 23.8. The van der Waals surface area contributed by atoms with Gasteiger partial charge >= 0.3 is 0 Å². The van der Waals surface area contributed by atoms with Gasteiger partial charge in [-0.2, -0.15) is 4.57 Å². The van der Waals surface area contributed by atoms with Crippen LogP contribution in [0.25, 0.3) is 0 Å². The number of fused-ring (bicyclic) bond motifs is 1. The number of hydrogen-bond acceptors (Lipinski definition) is 9. The van der Waals surface area contributed by atoms with Crippen molar-refractivity contribution in [1.29, 1.82) is 0 Å². The average molecular weight is 768 g/mol. The Morgan fingerprint density at radius 3 is 2.45 bits per heavy atom. The summed E-state index contributed by atoms with van der Waals surface area (Å²) >= 11 is 13.4. The van der Waals surface area contributed by atoms with Gasteiger partial charge in [-0.3, -0.25) is 9.59 Å². The van der Waals surface area contributed by atoms with Crippen LogP contribution < -0.4 is 18.9 Å². The van der Waals surface area contributed by atoms with Crippen LogP contribution in [0.2, 0.25) is 10.0 Å². The van der Waals surface area contributed by atoms with Gasteiger partial charge in [-0.05, 0) is 79.6 Å². The maximum absolute atomic E-state index is 14.6. The number of amides is 2. The van der Waals surface area contributed by atoms with Crippen molar-refractivity contribution >= 4 is 40.7 Å². The molecule has 0 saturated carbocycles. The summed E-state index contributed by atoms with van der Waals surface area (Å²) in [5, 5.41) is 41.6. The van der Waals surface area contributed by atoms with Crippen LogP contribution in [-0.4, -0.2) is 88.9 Å². The fourth-order valence-electron chi connectivity index (χ4n) is 7.10. The van der Waals surface area contributed by atoms with Crippen LogP contribution in [-0.2, 0) is 28.0 Å². The van der Waals surface area contributed by atoms with Gasteiger partial charge in [0.1, 0.15) is 35.2 Å². The molecule has 6 rings (SSSR count). The summed E-state index contributed by atoms with van der Waals surface area (Å²) in [5.41, 5.74) is 2.19.